The van der Waals surface area contributed by atoms with E-state index in [-0.39, 0.29) is 31.5 Å². The Bertz CT molecular complexity index is 404. The molecule has 8 nitrogen and oxygen atoms in total. The largest absolute Gasteiger partial charge is 0.461 e. The highest BCUT2D eigenvalue weighted by Gasteiger charge is 2.12. The van der Waals surface area contributed by atoms with Crippen LogP contribution in [0.25, 0.3) is 0 Å². The molecular weight excluding hydrogens is 242 g/mol. The van der Waals surface area contributed by atoms with Crippen molar-refractivity contribution in [1.82, 2.24) is 4.98 Å². The van der Waals surface area contributed by atoms with E-state index in [0.29, 0.717) is 6.54 Å². The second-order valence-electron chi connectivity index (χ2n) is 3.20. The van der Waals surface area contributed by atoms with Crippen LogP contribution in [0.2, 0.25) is 0 Å². The van der Waals surface area contributed by atoms with Crippen LogP contribution in [-0.4, -0.2) is 43.2 Å². The fourth-order valence-corrected chi connectivity index (χ4v) is 1.06. The minimum atomic E-state index is -0.542. The molecule has 0 atom stereocenters. The topological polar surface area (TPSA) is 117 Å². The molecule has 0 saturated heterocycles. The monoisotopic (exact) mass is 257 g/mol. The fraction of sp³-hybridized carbons (Fsp3) is 0.500. The first-order valence-electron chi connectivity index (χ1n) is 5.36. The molecule has 0 aliphatic carbocycles. The van der Waals surface area contributed by atoms with Crippen LogP contribution in [0.1, 0.15) is 17.4 Å². The molecule has 100 valence electrons. The van der Waals surface area contributed by atoms with E-state index < -0.39 is 11.9 Å². The Hall–Kier alpha value is -2.09. The summed E-state index contributed by atoms with van der Waals surface area (Å²) in [4.78, 5) is 25.5. The highest BCUT2D eigenvalue weighted by atomic mass is 16.5. The zero-order valence-corrected chi connectivity index (χ0v) is 9.97. The molecule has 0 aliphatic rings. The number of carbonyl (C=O) groups excluding carboxylic acids is 2. The fourth-order valence-electron chi connectivity index (χ4n) is 1.06. The number of nitrogens with zero attached hydrogens (tertiary/aromatic N) is 1. The van der Waals surface area contributed by atoms with Crippen molar-refractivity contribution < 1.29 is 23.5 Å². The van der Waals surface area contributed by atoms with Crippen LogP contribution in [-0.2, 0) is 14.3 Å². The predicted octanol–water partition coefficient (Wildman–Crippen LogP) is -0.235. The third-order valence-corrected chi connectivity index (χ3v) is 1.76. The van der Waals surface area contributed by atoms with E-state index in [9.17, 15) is 9.59 Å². The van der Waals surface area contributed by atoms with Crippen LogP contribution >= 0.6 is 0 Å². The highest BCUT2D eigenvalue weighted by Crippen LogP contribution is 2.08. The number of primary amides is 1. The zero-order chi connectivity index (χ0) is 13.4. The van der Waals surface area contributed by atoms with Crippen LogP contribution < -0.4 is 11.1 Å². The maximum Gasteiger partial charge on any atom is 0.360 e. The summed E-state index contributed by atoms with van der Waals surface area (Å²) in [5, 5.41) is 2.77. The number of rotatable bonds is 8. The summed E-state index contributed by atoms with van der Waals surface area (Å²) in [5.74, 6) is -1.07. The Morgan fingerprint density at radius 2 is 2.33 bits per heavy atom. The lowest BCUT2D eigenvalue weighted by atomic mass is 10.5. The highest BCUT2D eigenvalue weighted by molar-refractivity contribution is 5.87. The van der Waals surface area contributed by atoms with Crippen molar-refractivity contribution in [1.29, 1.82) is 0 Å². The van der Waals surface area contributed by atoms with Crippen molar-refractivity contribution in [3.05, 3.63) is 12.0 Å². The molecule has 0 saturated carbocycles. The van der Waals surface area contributed by atoms with Gasteiger partial charge in [0.2, 0.25) is 5.91 Å². The van der Waals surface area contributed by atoms with Crippen LogP contribution in [0.15, 0.2) is 10.7 Å². The number of hydrogen-bond acceptors (Lipinski definition) is 7. The Balaban J connectivity index is 2.27. The Labute approximate surface area is 103 Å². The van der Waals surface area contributed by atoms with E-state index in [1.807, 2.05) is 0 Å². The number of aromatic nitrogens is 1. The molecule has 1 amide bonds. The van der Waals surface area contributed by atoms with E-state index in [2.05, 4.69) is 10.3 Å². The van der Waals surface area contributed by atoms with Gasteiger partial charge in [-0.05, 0) is 6.92 Å². The lowest BCUT2D eigenvalue weighted by Gasteiger charge is -2.01. The van der Waals surface area contributed by atoms with Gasteiger partial charge < -0.3 is 24.9 Å². The minimum Gasteiger partial charge on any atom is -0.461 e. The average Bonchev–Trinajstić information content (AvgIpc) is 2.77. The molecule has 3 N–H and O–H groups in total. The Kier molecular flexibility index (Phi) is 5.65. The van der Waals surface area contributed by atoms with Gasteiger partial charge in [0.05, 0.1) is 13.2 Å². The second-order valence-corrected chi connectivity index (χ2v) is 3.20. The van der Waals surface area contributed by atoms with Crippen molar-refractivity contribution in [3.63, 3.8) is 0 Å². The van der Waals surface area contributed by atoms with Gasteiger partial charge in [-0.15, -0.1) is 0 Å². The molecule has 8 heteroatoms. The second kappa shape index (κ2) is 7.28. The number of ether oxygens (including phenoxy) is 2. The molecule has 18 heavy (non-hydrogen) atoms. The molecule has 0 radical (unpaired) electrons. The molecule has 1 rings (SSSR count). The van der Waals surface area contributed by atoms with Crippen LogP contribution in [0.3, 0.4) is 0 Å². The van der Waals surface area contributed by atoms with Gasteiger partial charge in [0, 0.05) is 6.54 Å². The van der Waals surface area contributed by atoms with Crippen molar-refractivity contribution in [2.75, 3.05) is 31.7 Å². The standard InChI is InChI=1S/C10H15N3O5/c1-2-17-9(15)7-5-18-10(13-7)12-3-4-16-6-8(11)14/h5H,2-4,6H2,1H3,(H2,11,14)(H,12,13). The van der Waals surface area contributed by atoms with E-state index in [0.717, 1.165) is 0 Å². The number of nitrogens with two attached hydrogens (primary N) is 1. The van der Waals surface area contributed by atoms with Crippen molar-refractivity contribution >= 4 is 17.9 Å². The molecule has 0 aromatic carbocycles. The zero-order valence-electron chi connectivity index (χ0n) is 9.97. The van der Waals surface area contributed by atoms with Gasteiger partial charge in [-0.3, -0.25) is 4.79 Å². The molecule has 0 bridgehead atoms. The normalized spacial score (nSPS) is 10.1. The molecule has 0 fully saturated rings. The summed E-state index contributed by atoms with van der Waals surface area (Å²) in [6.07, 6.45) is 1.20. The number of esters is 1. The number of nitrogens with one attached hydrogen (secondary N) is 1. The first-order valence-corrected chi connectivity index (χ1v) is 5.36. The molecule has 1 heterocycles. The molecule has 0 aliphatic heterocycles. The maximum atomic E-state index is 11.3. The van der Waals surface area contributed by atoms with Gasteiger partial charge in [-0.25, -0.2) is 4.79 Å². The quantitative estimate of drug-likeness (QED) is 0.487. The summed E-state index contributed by atoms with van der Waals surface area (Å²) < 4.78 is 14.6. The molecular formula is C10H15N3O5. The van der Waals surface area contributed by atoms with Crippen molar-refractivity contribution in [2.24, 2.45) is 5.73 Å². The SMILES string of the molecule is CCOC(=O)c1coc(NCCOCC(N)=O)n1. The number of hydrogen-bond donors (Lipinski definition) is 2. The third-order valence-electron chi connectivity index (χ3n) is 1.76. The number of amides is 1. The first kappa shape index (κ1) is 14.0. The van der Waals surface area contributed by atoms with Crippen LogP contribution in [0.5, 0.6) is 0 Å². The van der Waals surface area contributed by atoms with Crippen LogP contribution in [0, 0.1) is 0 Å². The van der Waals surface area contributed by atoms with E-state index in [1.165, 1.54) is 6.26 Å². The summed E-state index contributed by atoms with van der Waals surface area (Å²) >= 11 is 0. The molecule has 1 aromatic heterocycles. The lowest BCUT2D eigenvalue weighted by Crippen LogP contribution is -2.20. The van der Waals surface area contributed by atoms with Gasteiger partial charge in [0.1, 0.15) is 12.9 Å². The average molecular weight is 257 g/mol. The van der Waals surface area contributed by atoms with Crippen molar-refractivity contribution in [3.8, 4) is 0 Å². The number of oxazole rings is 1. The smallest absolute Gasteiger partial charge is 0.360 e. The van der Waals surface area contributed by atoms with Gasteiger partial charge in [0.15, 0.2) is 5.69 Å². The first-order chi connectivity index (χ1) is 8.63. The summed E-state index contributed by atoms with van der Waals surface area (Å²) in [7, 11) is 0. The summed E-state index contributed by atoms with van der Waals surface area (Å²) in [6.45, 7) is 2.47. The lowest BCUT2D eigenvalue weighted by molar-refractivity contribution is -0.122. The van der Waals surface area contributed by atoms with E-state index >= 15 is 0 Å². The minimum absolute atomic E-state index is 0.0948. The predicted molar refractivity (Wildman–Crippen MR) is 61.0 cm³/mol. The van der Waals surface area contributed by atoms with Gasteiger partial charge in [-0.2, -0.15) is 4.98 Å². The van der Waals surface area contributed by atoms with Gasteiger partial charge in [-0.1, -0.05) is 0 Å². The Morgan fingerprint density at radius 1 is 1.56 bits per heavy atom. The number of carbonyl (C=O) groups is 2. The number of anilines is 1. The summed E-state index contributed by atoms with van der Waals surface area (Å²) in [6, 6.07) is 0.181. The van der Waals surface area contributed by atoms with Gasteiger partial charge >= 0.3 is 5.97 Å². The Morgan fingerprint density at radius 3 is 3.00 bits per heavy atom. The van der Waals surface area contributed by atoms with Crippen LogP contribution in [0.4, 0.5) is 6.01 Å². The van der Waals surface area contributed by atoms with E-state index in [4.69, 9.17) is 19.6 Å². The summed E-state index contributed by atoms with van der Waals surface area (Å²) in [5.41, 5.74) is 4.98. The molecule has 1 aromatic rings. The van der Waals surface area contributed by atoms with Gasteiger partial charge in [0.25, 0.3) is 6.01 Å². The third kappa shape index (κ3) is 4.83. The van der Waals surface area contributed by atoms with E-state index in [1.54, 1.807) is 6.92 Å². The molecule has 0 spiro atoms. The molecule has 0 unspecified atom stereocenters. The van der Waals surface area contributed by atoms with Crippen molar-refractivity contribution in [2.45, 2.75) is 6.92 Å². The maximum absolute atomic E-state index is 11.3.